The van der Waals surface area contributed by atoms with Crippen LogP contribution in [0.5, 0.6) is 0 Å². The Morgan fingerprint density at radius 1 is 1.16 bits per heavy atom. The molecule has 0 radical (unpaired) electrons. The predicted molar refractivity (Wildman–Crippen MR) is 64.9 cm³/mol. The number of nitrogens with zero attached hydrogens (tertiary/aromatic N) is 1. The van der Waals surface area contributed by atoms with E-state index in [0.717, 1.165) is 4.90 Å². The first-order valence-corrected chi connectivity index (χ1v) is 5.56. The zero-order valence-electron chi connectivity index (χ0n) is 13.9. The minimum Gasteiger partial charge on any atom is -0.550 e. The van der Waals surface area contributed by atoms with Crippen molar-refractivity contribution in [2.45, 2.75) is 18.4 Å². The minimum absolute atomic E-state index is 0. The monoisotopic (exact) mass is 415 g/mol. The van der Waals surface area contributed by atoms with Crippen LogP contribution in [0.25, 0.3) is 0 Å². The molecule has 0 aliphatic rings. The molecule has 1 unspecified atom stereocenters. The molecule has 0 fully saturated rings. The first-order chi connectivity index (χ1) is 10.0. The van der Waals surface area contributed by atoms with Crippen molar-refractivity contribution >= 4 is 29.8 Å². The first-order valence-electron chi connectivity index (χ1n) is 5.56. The van der Waals surface area contributed by atoms with Gasteiger partial charge in [0.2, 0.25) is 0 Å². The maximum absolute atomic E-state index is 11.4. The smallest absolute Gasteiger partial charge is 0.550 e. The van der Waals surface area contributed by atoms with E-state index in [1.165, 1.54) is 7.05 Å². The molecule has 0 aliphatic carbocycles. The summed E-state index contributed by atoms with van der Waals surface area (Å²) >= 11 is 0. The fourth-order valence-electron chi connectivity index (χ4n) is 1.25. The Morgan fingerprint density at radius 2 is 1.64 bits per heavy atom. The second-order valence-electron chi connectivity index (χ2n) is 4.19. The van der Waals surface area contributed by atoms with E-state index in [4.69, 9.17) is 16.4 Å². The number of ether oxygens (including phenoxy) is 1. The number of carboxylic acids is 2. The third kappa shape index (κ3) is 12.5. The number of aliphatic carboxylic acids is 2. The molecular formula is C10H15K2N3O10. The van der Waals surface area contributed by atoms with Gasteiger partial charge in [-0.15, -0.1) is 0 Å². The van der Waals surface area contributed by atoms with Gasteiger partial charge >= 0.3 is 115 Å². The number of nitrogens with two attached hydrogens (primary N) is 1. The molecule has 132 valence electrons. The van der Waals surface area contributed by atoms with E-state index in [2.05, 4.69) is 9.62 Å². The third-order valence-corrected chi connectivity index (χ3v) is 2.41. The van der Waals surface area contributed by atoms with Gasteiger partial charge in [0.15, 0.2) is 11.6 Å². The molecule has 0 rings (SSSR count). The standard InChI is InChI=1S/C10H15N3O9.2K.H2O/c1-13(9(11)12)4-7(17)21-6(16)3-10(22-20,8(18)19)2-5(14)15;;;/h20H,2-4H2,1H3,(H3,11,12)(H,14,15)(H,18,19);;;1H2/q;2*+1;/p-2. The number of carboxylic acid groups (broad SMARTS) is 2. The van der Waals surface area contributed by atoms with E-state index in [1.807, 2.05) is 0 Å². The summed E-state index contributed by atoms with van der Waals surface area (Å²) in [5, 5.41) is 36.8. The average molecular weight is 415 g/mol. The van der Waals surface area contributed by atoms with Gasteiger partial charge in [-0.2, -0.15) is 0 Å². The van der Waals surface area contributed by atoms with Gasteiger partial charge in [0.25, 0.3) is 0 Å². The summed E-state index contributed by atoms with van der Waals surface area (Å²) in [5.74, 6) is -7.36. The Bertz CT molecular complexity index is 503. The Hall–Kier alpha value is 0.503. The number of carbonyl (C=O) groups excluding carboxylic acids is 4. The number of hydrogen-bond donors (Lipinski definition) is 3. The van der Waals surface area contributed by atoms with Gasteiger partial charge in [-0.3, -0.25) is 15.5 Å². The van der Waals surface area contributed by atoms with Gasteiger partial charge in [0, 0.05) is 19.4 Å². The zero-order valence-corrected chi connectivity index (χ0v) is 20.1. The molecule has 0 amide bonds. The number of guanidine groups is 1. The van der Waals surface area contributed by atoms with E-state index < -0.39 is 54.8 Å². The summed E-state index contributed by atoms with van der Waals surface area (Å²) < 4.78 is 4.19. The molecule has 25 heavy (non-hydrogen) atoms. The van der Waals surface area contributed by atoms with Crippen molar-refractivity contribution in [2.24, 2.45) is 5.73 Å². The maximum Gasteiger partial charge on any atom is 1.00 e. The molecule has 0 saturated carbocycles. The average Bonchev–Trinajstić information content (AvgIpc) is 2.36. The van der Waals surface area contributed by atoms with Crippen LogP contribution >= 0.6 is 0 Å². The molecule has 15 heteroatoms. The molecule has 0 aliphatic heterocycles. The molecule has 0 aromatic rings. The maximum atomic E-state index is 11.4. The van der Waals surface area contributed by atoms with E-state index >= 15 is 0 Å². The van der Waals surface area contributed by atoms with Crippen LogP contribution in [0.2, 0.25) is 0 Å². The van der Waals surface area contributed by atoms with Gasteiger partial charge in [-0.05, 0) is 0 Å². The number of hydrogen-bond acceptors (Lipinski definition) is 10. The number of likely N-dealkylation sites (N-methyl/N-ethyl adjacent to an activating group) is 1. The van der Waals surface area contributed by atoms with E-state index in [0.29, 0.717) is 0 Å². The molecule has 0 saturated heterocycles. The van der Waals surface area contributed by atoms with Gasteiger partial charge in [-0.25, -0.2) is 9.68 Å². The second kappa shape index (κ2) is 15.5. The van der Waals surface area contributed by atoms with Crippen molar-refractivity contribution in [3.8, 4) is 0 Å². The molecule has 1 atom stereocenters. The van der Waals surface area contributed by atoms with Crippen LogP contribution < -0.4 is 119 Å². The van der Waals surface area contributed by atoms with Crippen molar-refractivity contribution in [1.82, 2.24) is 4.90 Å². The predicted octanol–water partition coefficient (Wildman–Crippen LogP) is -11.4. The number of carbonyl (C=O) groups is 4. The quantitative estimate of drug-likeness (QED) is 0.0639. The number of esters is 2. The van der Waals surface area contributed by atoms with Crippen LogP contribution in [0.15, 0.2) is 0 Å². The largest absolute Gasteiger partial charge is 1.00 e. The van der Waals surface area contributed by atoms with Gasteiger partial charge in [0.05, 0.1) is 12.4 Å². The Kier molecular flexibility index (Phi) is 20.6. The van der Waals surface area contributed by atoms with Crippen molar-refractivity contribution in [1.29, 1.82) is 5.41 Å². The molecular weight excluding hydrogens is 400 g/mol. The first kappa shape index (κ1) is 33.1. The number of rotatable bonds is 8. The molecule has 0 aromatic heterocycles. The van der Waals surface area contributed by atoms with Crippen molar-refractivity contribution in [3.63, 3.8) is 0 Å². The van der Waals surface area contributed by atoms with Crippen molar-refractivity contribution < 1.29 is 153 Å². The van der Waals surface area contributed by atoms with E-state index in [1.54, 1.807) is 0 Å². The summed E-state index contributed by atoms with van der Waals surface area (Å²) in [5.41, 5.74) is 2.08. The van der Waals surface area contributed by atoms with E-state index in [-0.39, 0.29) is 108 Å². The zero-order chi connectivity index (χ0) is 17.5. The summed E-state index contributed by atoms with van der Waals surface area (Å²) in [6, 6.07) is 0. The third-order valence-electron chi connectivity index (χ3n) is 2.41. The fourth-order valence-corrected chi connectivity index (χ4v) is 1.25. The summed E-state index contributed by atoms with van der Waals surface area (Å²) in [6.45, 7) is -0.597. The molecule has 0 bridgehead atoms. The van der Waals surface area contributed by atoms with Gasteiger partial charge < -0.3 is 40.6 Å². The van der Waals surface area contributed by atoms with Crippen LogP contribution in [0.3, 0.4) is 0 Å². The minimum atomic E-state index is -2.96. The van der Waals surface area contributed by atoms with Crippen LogP contribution in [-0.2, 0) is 28.8 Å². The topological polar surface area (TPSA) is 238 Å². The molecule has 6 N–H and O–H groups in total. The van der Waals surface area contributed by atoms with Crippen LogP contribution in [-0.4, -0.2) is 64.7 Å². The summed E-state index contributed by atoms with van der Waals surface area (Å²) in [7, 11) is 1.24. The summed E-state index contributed by atoms with van der Waals surface area (Å²) in [4.78, 5) is 48.4. The van der Waals surface area contributed by atoms with Crippen molar-refractivity contribution in [2.75, 3.05) is 13.6 Å². The second-order valence-corrected chi connectivity index (χ2v) is 4.19. The summed E-state index contributed by atoms with van der Waals surface area (Å²) in [6.07, 6.45) is -2.74. The Balaban J connectivity index is -0.000000735. The van der Waals surface area contributed by atoms with Gasteiger partial charge in [0.1, 0.15) is 6.54 Å². The van der Waals surface area contributed by atoms with Crippen LogP contribution in [0, 0.1) is 5.41 Å². The normalized spacial score (nSPS) is 11.3. The Morgan fingerprint density at radius 3 is 1.96 bits per heavy atom. The fraction of sp³-hybridized carbons (Fsp3) is 0.500. The van der Waals surface area contributed by atoms with Crippen LogP contribution in [0.1, 0.15) is 12.8 Å². The van der Waals surface area contributed by atoms with E-state index in [9.17, 15) is 29.4 Å². The molecule has 0 aromatic carbocycles. The van der Waals surface area contributed by atoms with Crippen LogP contribution in [0.4, 0.5) is 0 Å². The molecule has 0 spiro atoms. The molecule has 13 nitrogen and oxygen atoms in total. The molecule has 0 heterocycles. The SMILES string of the molecule is CN(CC(=O)OC(=O)CC(CC(=O)[O-])(OO)C(=O)[O-])C(=N)N.O.[K+].[K+]. The van der Waals surface area contributed by atoms with Gasteiger partial charge in [-0.1, -0.05) is 0 Å². The number of nitrogens with one attached hydrogen (secondary N) is 1. The Labute approximate surface area is 226 Å². The van der Waals surface area contributed by atoms with Crippen molar-refractivity contribution in [3.05, 3.63) is 0 Å².